The monoisotopic (exact) mass is 218 g/mol. The molecule has 0 aromatic carbocycles. The normalized spacial score (nSPS) is 30.5. The van der Waals surface area contributed by atoms with Crippen molar-refractivity contribution in [1.29, 1.82) is 0 Å². The van der Waals surface area contributed by atoms with Crippen molar-refractivity contribution >= 4 is 29.6 Å². The Hall–Kier alpha value is 0.190. The molecule has 0 unspecified atom stereocenters. The third kappa shape index (κ3) is 2.31. The molecule has 0 aromatic rings. The summed E-state index contributed by atoms with van der Waals surface area (Å²) < 4.78 is 42.8. The number of halogens is 1. The van der Waals surface area contributed by atoms with Gasteiger partial charge in [-0.15, -0.1) is 0 Å². The van der Waals surface area contributed by atoms with Gasteiger partial charge in [-0.3, -0.25) is 0 Å². The van der Waals surface area contributed by atoms with Crippen molar-refractivity contribution in [2.45, 2.75) is 11.7 Å². The van der Waals surface area contributed by atoms with E-state index < -0.39 is 24.1 Å². The van der Waals surface area contributed by atoms with Gasteiger partial charge in [0.05, 0.1) is 16.8 Å². The molecule has 1 saturated heterocycles. The lowest BCUT2D eigenvalue weighted by Crippen LogP contribution is -2.17. The molecule has 0 radical (unpaired) electrons. The summed E-state index contributed by atoms with van der Waals surface area (Å²) >= 11 is 0. The van der Waals surface area contributed by atoms with Crippen molar-refractivity contribution in [3.05, 3.63) is 0 Å². The van der Waals surface area contributed by atoms with E-state index in [1.807, 2.05) is 0 Å². The molecule has 1 aliphatic heterocycles. The van der Waals surface area contributed by atoms with Crippen LogP contribution < -0.4 is 0 Å². The zero-order chi connectivity index (χ0) is 8.70. The van der Waals surface area contributed by atoms with Crippen molar-refractivity contribution in [1.82, 2.24) is 0 Å². The van der Waals surface area contributed by atoms with Crippen LogP contribution in [0.5, 0.6) is 0 Å². The highest BCUT2D eigenvalue weighted by Gasteiger charge is 2.35. The minimum atomic E-state index is -3.68. The van der Waals surface area contributed by atoms with Crippen LogP contribution in [0.3, 0.4) is 0 Å². The van der Waals surface area contributed by atoms with E-state index in [2.05, 4.69) is 0 Å². The van der Waals surface area contributed by atoms with Crippen LogP contribution in [-0.4, -0.2) is 33.6 Å². The van der Waals surface area contributed by atoms with E-state index in [1.165, 1.54) is 0 Å². The number of sulfone groups is 1. The molecule has 1 aliphatic rings. The lowest BCUT2D eigenvalue weighted by atomic mass is 10.4. The van der Waals surface area contributed by atoms with Crippen molar-refractivity contribution in [3.63, 3.8) is 0 Å². The van der Waals surface area contributed by atoms with E-state index >= 15 is 0 Å². The molecule has 1 rings (SSSR count). The summed E-state index contributed by atoms with van der Waals surface area (Å²) in [7, 11) is -1.85. The maximum Gasteiger partial charge on any atom is 0.236 e. The van der Waals surface area contributed by atoms with Crippen molar-refractivity contribution in [3.8, 4) is 0 Å². The molecule has 0 N–H and O–H groups in total. The van der Waals surface area contributed by atoms with Gasteiger partial charge in [-0.1, -0.05) is 0 Å². The Bertz CT molecular complexity index is 340. The fraction of sp³-hybridized carbons (Fsp3) is 1.00. The van der Waals surface area contributed by atoms with E-state index in [0.717, 1.165) is 0 Å². The van der Waals surface area contributed by atoms with E-state index in [9.17, 15) is 16.8 Å². The van der Waals surface area contributed by atoms with E-state index in [0.29, 0.717) is 0 Å². The Kier molecular flexibility index (Phi) is 2.19. The zero-order valence-electron chi connectivity index (χ0n) is 5.53. The first kappa shape index (κ1) is 9.28. The smallest absolute Gasteiger partial charge is 0.229 e. The van der Waals surface area contributed by atoms with Gasteiger partial charge in [0.2, 0.25) is 9.05 Å². The molecule has 0 bridgehead atoms. The molecule has 1 heterocycles. The van der Waals surface area contributed by atoms with Gasteiger partial charge in [-0.25, -0.2) is 16.8 Å². The molecule has 0 spiro atoms. The molecular weight excluding hydrogens is 212 g/mol. The summed E-state index contributed by atoms with van der Waals surface area (Å²) in [5.74, 6) is -0.386. The first-order valence-corrected chi connectivity index (χ1v) is 7.14. The fourth-order valence-corrected chi connectivity index (χ4v) is 5.08. The molecule has 11 heavy (non-hydrogen) atoms. The van der Waals surface area contributed by atoms with Crippen molar-refractivity contribution in [2.75, 3.05) is 11.5 Å². The molecule has 1 atom stereocenters. The Morgan fingerprint density at radius 1 is 1.36 bits per heavy atom. The van der Waals surface area contributed by atoms with Gasteiger partial charge in [0.15, 0.2) is 9.84 Å². The van der Waals surface area contributed by atoms with Crippen molar-refractivity contribution in [2.24, 2.45) is 0 Å². The number of rotatable bonds is 1. The van der Waals surface area contributed by atoms with Gasteiger partial charge in [-0.05, 0) is 6.42 Å². The molecular formula is C4H7ClO4S2. The minimum Gasteiger partial charge on any atom is -0.229 e. The van der Waals surface area contributed by atoms with Crippen LogP contribution in [-0.2, 0) is 18.9 Å². The molecule has 66 valence electrons. The van der Waals surface area contributed by atoms with Crippen LogP contribution >= 0.6 is 10.7 Å². The molecule has 1 fully saturated rings. The molecule has 7 heteroatoms. The average molecular weight is 219 g/mol. The summed E-state index contributed by atoms with van der Waals surface area (Å²) in [5.41, 5.74) is 0. The Balaban J connectivity index is 2.87. The first-order chi connectivity index (χ1) is 4.81. The number of hydrogen-bond donors (Lipinski definition) is 0. The third-order valence-corrected chi connectivity index (χ3v) is 5.52. The molecule has 4 nitrogen and oxygen atoms in total. The lowest BCUT2D eigenvalue weighted by Gasteiger charge is -1.99. The topological polar surface area (TPSA) is 68.3 Å². The standard InChI is InChI=1S/C4H7ClO4S2/c5-11(8,9)4-1-2-10(6,7)3-4/h4H,1-3H2/t4-/m1/s1. The highest BCUT2D eigenvalue weighted by atomic mass is 35.7. The highest BCUT2D eigenvalue weighted by Crippen LogP contribution is 2.21. The van der Waals surface area contributed by atoms with Gasteiger partial charge in [0.1, 0.15) is 0 Å². The third-order valence-electron chi connectivity index (χ3n) is 1.59. The second kappa shape index (κ2) is 2.60. The first-order valence-electron chi connectivity index (χ1n) is 2.95. The summed E-state index contributed by atoms with van der Waals surface area (Å²) in [6.45, 7) is 0. The largest absolute Gasteiger partial charge is 0.236 e. The van der Waals surface area contributed by atoms with Crippen LogP contribution in [0.25, 0.3) is 0 Å². The summed E-state index contributed by atoms with van der Waals surface area (Å²) in [6, 6.07) is 0. The summed E-state index contributed by atoms with van der Waals surface area (Å²) in [4.78, 5) is 0. The van der Waals surface area contributed by atoms with Gasteiger partial charge < -0.3 is 0 Å². The average Bonchev–Trinajstić information content (AvgIpc) is 2.07. The van der Waals surface area contributed by atoms with Gasteiger partial charge in [-0.2, -0.15) is 0 Å². The number of hydrogen-bond acceptors (Lipinski definition) is 4. The van der Waals surface area contributed by atoms with E-state index in [4.69, 9.17) is 10.7 Å². The van der Waals surface area contributed by atoms with Crippen molar-refractivity contribution < 1.29 is 16.8 Å². The molecule has 0 saturated carbocycles. The maximum absolute atomic E-state index is 10.8. The van der Waals surface area contributed by atoms with Gasteiger partial charge >= 0.3 is 0 Å². The van der Waals surface area contributed by atoms with Crippen LogP contribution in [0.15, 0.2) is 0 Å². The predicted octanol–water partition coefficient (Wildman–Crippen LogP) is -0.258. The fourth-order valence-electron chi connectivity index (χ4n) is 0.983. The second-order valence-corrected chi connectivity index (χ2v) is 7.64. The second-order valence-electron chi connectivity index (χ2n) is 2.50. The van der Waals surface area contributed by atoms with E-state index in [-0.39, 0.29) is 17.9 Å². The molecule has 0 amide bonds. The quantitative estimate of drug-likeness (QED) is 0.569. The minimum absolute atomic E-state index is 0.0659. The van der Waals surface area contributed by atoms with Crippen LogP contribution in [0.1, 0.15) is 6.42 Å². The highest BCUT2D eigenvalue weighted by molar-refractivity contribution is 8.14. The molecule has 0 aromatic heterocycles. The maximum atomic E-state index is 10.8. The van der Waals surface area contributed by atoms with Crippen LogP contribution in [0.2, 0.25) is 0 Å². The predicted molar refractivity (Wildman–Crippen MR) is 41.8 cm³/mol. The Morgan fingerprint density at radius 2 is 1.91 bits per heavy atom. The van der Waals surface area contributed by atoms with Gasteiger partial charge in [0, 0.05) is 10.7 Å². The summed E-state index contributed by atoms with van der Waals surface area (Å²) in [6.07, 6.45) is 0.133. The SMILES string of the molecule is O=S1(=O)CC[C@@H](S(=O)(=O)Cl)C1. The zero-order valence-corrected chi connectivity index (χ0v) is 7.92. The summed E-state index contributed by atoms with van der Waals surface area (Å²) in [5, 5.41) is -0.894. The molecule has 0 aliphatic carbocycles. The lowest BCUT2D eigenvalue weighted by molar-refractivity contribution is 0.594. The van der Waals surface area contributed by atoms with E-state index in [1.54, 1.807) is 0 Å². The van der Waals surface area contributed by atoms with Crippen LogP contribution in [0, 0.1) is 0 Å². The Labute approximate surface area is 69.9 Å². The Morgan fingerprint density at radius 3 is 2.09 bits per heavy atom. The van der Waals surface area contributed by atoms with Gasteiger partial charge in [0.25, 0.3) is 0 Å². The van der Waals surface area contributed by atoms with Crippen LogP contribution in [0.4, 0.5) is 0 Å².